The summed E-state index contributed by atoms with van der Waals surface area (Å²) in [6.45, 7) is 10.2. The van der Waals surface area contributed by atoms with E-state index in [1.165, 1.54) is 36.9 Å². The lowest BCUT2D eigenvalue weighted by Crippen LogP contribution is -2.61. The second kappa shape index (κ2) is 16.8. The zero-order valence-corrected chi connectivity index (χ0v) is 34.7. The molecular formula is C44H61ClN4O5S. The first-order valence-corrected chi connectivity index (χ1v) is 22.5. The molecule has 300 valence electrons. The Morgan fingerprint density at radius 3 is 2.75 bits per heavy atom. The number of halogens is 1. The fourth-order valence-corrected chi connectivity index (χ4v) is 12.4. The van der Waals surface area contributed by atoms with E-state index in [0.29, 0.717) is 43.1 Å². The van der Waals surface area contributed by atoms with Crippen molar-refractivity contribution >= 4 is 34.2 Å². The number of piperazine rings is 1. The Morgan fingerprint density at radius 2 is 1.93 bits per heavy atom. The van der Waals surface area contributed by atoms with Gasteiger partial charge in [0, 0.05) is 82.1 Å². The molecule has 11 heteroatoms. The number of nitrogens with zero attached hydrogens (tertiary/aromatic N) is 3. The van der Waals surface area contributed by atoms with Gasteiger partial charge in [0.2, 0.25) is 0 Å². The third kappa shape index (κ3) is 8.02. The summed E-state index contributed by atoms with van der Waals surface area (Å²) in [4.78, 5) is 21.8. The number of carbonyl (C=O) groups is 1. The largest absolute Gasteiger partial charge is 0.490 e. The molecule has 2 aliphatic carbocycles. The maximum atomic E-state index is 14.0. The van der Waals surface area contributed by atoms with Gasteiger partial charge >= 0.3 is 0 Å². The number of piperidine rings is 1. The van der Waals surface area contributed by atoms with Crippen LogP contribution in [0.4, 0.5) is 5.69 Å². The van der Waals surface area contributed by atoms with E-state index >= 15 is 0 Å². The van der Waals surface area contributed by atoms with Crippen LogP contribution in [0.25, 0.3) is 0 Å². The summed E-state index contributed by atoms with van der Waals surface area (Å²) in [5.41, 5.74) is 3.40. The zero-order chi connectivity index (χ0) is 38.2. The summed E-state index contributed by atoms with van der Waals surface area (Å²) in [6, 6.07) is 12.8. The number of hydrogen-bond acceptors (Lipinski definition) is 8. The molecule has 8 atom stereocenters. The molecule has 4 heterocycles. The first kappa shape index (κ1) is 39.4. The molecule has 0 radical (unpaired) electrons. The number of allylic oxidation sites excluding steroid dienone is 1. The van der Waals surface area contributed by atoms with Gasteiger partial charge in [-0.05, 0) is 124 Å². The predicted molar refractivity (Wildman–Crippen MR) is 221 cm³/mol. The highest BCUT2D eigenvalue weighted by Gasteiger charge is 2.50. The van der Waals surface area contributed by atoms with Gasteiger partial charge in [-0.1, -0.05) is 43.2 Å². The molecular weight excluding hydrogens is 732 g/mol. The van der Waals surface area contributed by atoms with Gasteiger partial charge in [-0.3, -0.25) is 19.3 Å². The van der Waals surface area contributed by atoms with E-state index in [2.05, 4.69) is 50.6 Å². The van der Waals surface area contributed by atoms with Crippen LogP contribution < -0.4 is 14.4 Å². The number of amides is 1. The maximum absolute atomic E-state index is 14.0. The van der Waals surface area contributed by atoms with Crippen LogP contribution in [0, 0.1) is 17.8 Å². The number of carbonyl (C=O) groups excluding carboxylic acids is 1. The standard InChI is InChI=1S/C44H61ClN4O5S/c1-31-8-6-19-44(53-3,29-47-21-22-48-20-5-4-10-36(48)27-47)38-14-11-34(38)26-49-28-43(18-7-9-32-24-35(45)13-15-37(32)43)30-54-40-16-12-33(25-39(40)49)42(50)46-55(51)41(31)17-23-52-2/h6,12-13,15-16,19,24-25,31,34,36,38,41H,4-5,7-11,14,17-18,20-23,26-30H2,1-3H3,(H,46,50)/b19-6+/t31?,34?,36?,38?,41?,43-,44-,55?/m0/s1. The van der Waals surface area contributed by atoms with Crippen molar-refractivity contribution in [1.82, 2.24) is 14.5 Å². The van der Waals surface area contributed by atoms with Crippen LogP contribution in [-0.4, -0.2) is 110 Å². The van der Waals surface area contributed by atoms with Crippen molar-refractivity contribution in [2.45, 2.75) is 93.4 Å². The molecule has 2 bridgehead atoms. The van der Waals surface area contributed by atoms with Gasteiger partial charge < -0.3 is 19.1 Å². The number of aryl methyl sites for hydroxylation is 1. The van der Waals surface area contributed by atoms with Gasteiger partial charge in [0.25, 0.3) is 5.91 Å². The van der Waals surface area contributed by atoms with Crippen molar-refractivity contribution in [1.29, 1.82) is 0 Å². The van der Waals surface area contributed by atoms with Crippen molar-refractivity contribution < 1.29 is 23.2 Å². The summed E-state index contributed by atoms with van der Waals surface area (Å²) in [6.07, 6.45) is 15.3. The van der Waals surface area contributed by atoms with Crippen molar-refractivity contribution in [3.05, 3.63) is 70.3 Å². The lowest BCUT2D eigenvalue weighted by atomic mass is 9.63. The molecule has 1 spiro atoms. The van der Waals surface area contributed by atoms with Crippen LogP contribution in [0.1, 0.15) is 86.2 Å². The van der Waals surface area contributed by atoms with Crippen LogP contribution in [0.5, 0.6) is 5.75 Å². The molecule has 3 fully saturated rings. The average molecular weight is 794 g/mol. The van der Waals surface area contributed by atoms with E-state index in [0.717, 1.165) is 94.3 Å². The SMILES string of the molecule is COCCC1C(C)C/C=C/[C@@](CN2CCN3CCCCC3C2)(OC)C2CCC2CN2C[C@@]3(CCCc4cc(Cl)ccc43)COc3ccc(cc32)C(=O)NS1=O. The molecule has 6 unspecified atom stereocenters. The minimum absolute atomic E-state index is 0.0540. The smallest absolute Gasteiger partial charge is 0.263 e. The van der Waals surface area contributed by atoms with Gasteiger partial charge in [0.05, 0.1) is 17.5 Å². The highest BCUT2D eigenvalue weighted by molar-refractivity contribution is 7.84. The van der Waals surface area contributed by atoms with Gasteiger partial charge in [0.15, 0.2) is 0 Å². The Labute approximate surface area is 336 Å². The number of benzene rings is 2. The van der Waals surface area contributed by atoms with Crippen molar-refractivity contribution in [3.63, 3.8) is 0 Å². The summed E-state index contributed by atoms with van der Waals surface area (Å²) >= 11 is 6.54. The van der Waals surface area contributed by atoms with Crippen LogP contribution in [0.15, 0.2) is 48.6 Å². The average Bonchev–Trinajstić information content (AvgIpc) is 3.32. The molecule has 4 aliphatic heterocycles. The lowest BCUT2D eigenvalue weighted by molar-refractivity contribution is -0.100. The van der Waals surface area contributed by atoms with Gasteiger partial charge in [-0.25, -0.2) is 4.21 Å². The van der Waals surface area contributed by atoms with E-state index in [1.807, 2.05) is 31.4 Å². The summed E-state index contributed by atoms with van der Waals surface area (Å²) < 4.78 is 36.0. The van der Waals surface area contributed by atoms with Crippen LogP contribution in [-0.2, 0) is 32.3 Å². The monoisotopic (exact) mass is 792 g/mol. The van der Waals surface area contributed by atoms with Crippen LogP contribution in [0.3, 0.4) is 0 Å². The highest BCUT2D eigenvalue weighted by Crippen LogP contribution is 2.49. The Balaban J connectivity index is 1.18. The zero-order valence-electron chi connectivity index (χ0n) is 33.1. The van der Waals surface area contributed by atoms with Crippen molar-refractivity contribution in [2.75, 3.05) is 78.1 Å². The quantitative estimate of drug-likeness (QED) is 0.321. The minimum atomic E-state index is -1.61. The Hall–Kier alpha value is -2.47. The highest BCUT2D eigenvalue weighted by atomic mass is 35.5. The molecule has 1 amide bonds. The van der Waals surface area contributed by atoms with E-state index < -0.39 is 16.6 Å². The van der Waals surface area contributed by atoms with Crippen molar-refractivity contribution in [2.24, 2.45) is 17.8 Å². The topological polar surface area (TPSA) is 83.6 Å². The van der Waals surface area contributed by atoms with Gasteiger partial charge in [0.1, 0.15) is 22.3 Å². The van der Waals surface area contributed by atoms with Gasteiger partial charge in [-0.2, -0.15) is 0 Å². The normalized spacial score (nSPS) is 35.0. The molecule has 55 heavy (non-hydrogen) atoms. The third-order valence-electron chi connectivity index (χ3n) is 14.2. The molecule has 9 nitrogen and oxygen atoms in total. The van der Waals surface area contributed by atoms with E-state index in [-0.39, 0.29) is 22.5 Å². The minimum Gasteiger partial charge on any atom is -0.490 e. The molecule has 2 saturated heterocycles. The molecule has 1 N–H and O–H groups in total. The molecule has 2 aromatic carbocycles. The lowest BCUT2D eigenvalue weighted by Gasteiger charge is -2.53. The van der Waals surface area contributed by atoms with Crippen LogP contribution in [0.2, 0.25) is 5.02 Å². The molecule has 8 rings (SSSR count). The Morgan fingerprint density at radius 1 is 1.04 bits per heavy atom. The first-order valence-electron chi connectivity index (χ1n) is 20.9. The van der Waals surface area contributed by atoms with E-state index in [1.54, 1.807) is 7.11 Å². The number of fused-ring (bicyclic) bond motifs is 5. The molecule has 6 aliphatic rings. The predicted octanol–water partition coefficient (Wildman–Crippen LogP) is 6.79. The van der Waals surface area contributed by atoms with Crippen LogP contribution >= 0.6 is 11.6 Å². The van der Waals surface area contributed by atoms with Crippen molar-refractivity contribution in [3.8, 4) is 5.75 Å². The molecule has 0 aromatic heterocycles. The summed E-state index contributed by atoms with van der Waals surface area (Å²) in [5.74, 6) is 1.24. The number of rotatable bonds is 6. The number of methoxy groups -OCH3 is 2. The van der Waals surface area contributed by atoms with Gasteiger partial charge in [-0.15, -0.1) is 0 Å². The number of hydrogen-bond donors (Lipinski definition) is 1. The number of ether oxygens (including phenoxy) is 3. The van der Waals surface area contributed by atoms with E-state index in [4.69, 9.17) is 25.8 Å². The second-order valence-corrected chi connectivity index (χ2v) is 19.3. The Kier molecular flexibility index (Phi) is 12.0. The number of nitrogens with one attached hydrogen (secondary N) is 1. The third-order valence-corrected chi connectivity index (χ3v) is 16.1. The summed E-state index contributed by atoms with van der Waals surface area (Å²) in [7, 11) is 1.99. The fourth-order valence-electron chi connectivity index (χ4n) is 11.0. The summed E-state index contributed by atoms with van der Waals surface area (Å²) in [5, 5.41) is 0.506. The van der Waals surface area contributed by atoms with E-state index in [9.17, 15) is 9.00 Å². The number of anilines is 1. The Bertz CT molecular complexity index is 1760. The first-order chi connectivity index (χ1) is 26.7. The fraction of sp³-hybridized carbons (Fsp3) is 0.659. The molecule has 1 saturated carbocycles. The molecule has 2 aromatic rings. The maximum Gasteiger partial charge on any atom is 0.263 e. The second-order valence-electron chi connectivity index (χ2n) is 17.5.